The molecule has 2 aromatic carbocycles. The zero-order valence-corrected chi connectivity index (χ0v) is 13.6. The zero-order valence-electron chi connectivity index (χ0n) is 11.9. The van der Waals surface area contributed by atoms with Crippen LogP contribution in [0.1, 0.15) is 6.92 Å². The van der Waals surface area contributed by atoms with Crippen molar-refractivity contribution in [3.8, 4) is 5.75 Å². The fourth-order valence-corrected chi connectivity index (χ4v) is 2.77. The average Bonchev–Trinajstić information content (AvgIpc) is 2.47. The lowest BCUT2D eigenvalue weighted by molar-refractivity contribution is 0.263. The van der Waals surface area contributed by atoms with Crippen LogP contribution in [0.25, 0.3) is 0 Å². The van der Waals surface area contributed by atoms with Gasteiger partial charge < -0.3 is 4.52 Å². The minimum absolute atomic E-state index is 0.619. The maximum atomic E-state index is 5.69. The molecule has 1 N–H and O–H groups in total. The molecule has 2 rings (SSSR count). The van der Waals surface area contributed by atoms with Gasteiger partial charge in [-0.05, 0) is 43.0 Å². The molecule has 0 saturated carbocycles. The van der Waals surface area contributed by atoms with Crippen LogP contribution in [0.3, 0.4) is 0 Å². The minimum atomic E-state index is -2.43. The van der Waals surface area contributed by atoms with Crippen molar-refractivity contribution in [1.82, 2.24) is 5.48 Å². The molecule has 1 unspecified atom stereocenters. The Labute approximate surface area is 130 Å². The molecule has 6 heteroatoms. The molecule has 110 valence electrons. The van der Waals surface area contributed by atoms with Gasteiger partial charge in [-0.25, -0.2) is 15.1 Å². The molecule has 0 aliphatic carbocycles. The van der Waals surface area contributed by atoms with Crippen molar-refractivity contribution in [3.05, 3.63) is 60.7 Å². The van der Waals surface area contributed by atoms with Gasteiger partial charge in [0.1, 0.15) is 11.6 Å². The Bertz CT molecular complexity index is 647. The number of amidine groups is 1. The molecular formula is C15H17N2O2PS. The van der Waals surface area contributed by atoms with Crippen molar-refractivity contribution in [2.45, 2.75) is 6.92 Å². The summed E-state index contributed by atoms with van der Waals surface area (Å²) in [5, 5.41) is 0. The van der Waals surface area contributed by atoms with E-state index < -0.39 is 6.49 Å². The van der Waals surface area contributed by atoms with Crippen molar-refractivity contribution >= 4 is 29.8 Å². The van der Waals surface area contributed by atoms with Crippen molar-refractivity contribution in [2.24, 2.45) is 4.99 Å². The molecule has 0 saturated heterocycles. The summed E-state index contributed by atoms with van der Waals surface area (Å²) in [6.45, 7) is 1.14. The van der Waals surface area contributed by atoms with E-state index in [-0.39, 0.29) is 0 Å². The first-order valence-electron chi connectivity index (χ1n) is 6.42. The average molecular weight is 320 g/mol. The summed E-state index contributed by atoms with van der Waals surface area (Å²) in [4.78, 5) is 4.37. The molecular weight excluding hydrogens is 303 g/mol. The number of para-hydroxylation sites is 2. The highest BCUT2D eigenvalue weighted by Crippen LogP contribution is 2.43. The summed E-state index contributed by atoms with van der Waals surface area (Å²) in [7, 11) is 0. The van der Waals surface area contributed by atoms with Gasteiger partial charge in [0.25, 0.3) is 6.49 Å². The summed E-state index contributed by atoms with van der Waals surface area (Å²) < 4.78 is 11.2. The van der Waals surface area contributed by atoms with Crippen LogP contribution in [-0.2, 0) is 16.4 Å². The van der Waals surface area contributed by atoms with Crippen molar-refractivity contribution in [2.75, 3.05) is 6.66 Å². The molecule has 0 aliphatic heterocycles. The number of hydroxylamine groups is 1. The Balaban J connectivity index is 1.92. The van der Waals surface area contributed by atoms with Crippen LogP contribution in [0.4, 0.5) is 5.69 Å². The van der Waals surface area contributed by atoms with Crippen LogP contribution in [-0.4, -0.2) is 12.5 Å². The quantitative estimate of drug-likeness (QED) is 0.386. The predicted octanol–water partition coefficient (Wildman–Crippen LogP) is 4.28. The molecule has 1 atom stereocenters. The van der Waals surface area contributed by atoms with E-state index in [2.05, 4.69) is 10.5 Å². The van der Waals surface area contributed by atoms with Crippen LogP contribution in [0.5, 0.6) is 5.75 Å². The molecule has 0 heterocycles. The van der Waals surface area contributed by atoms with Gasteiger partial charge in [-0.2, -0.15) is 0 Å². The normalized spacial score (nSPS) is 14.3. The van der Waals surface area contributed by atoms with E-state index in [1.165, 1.54) is 0 Å². The third-order valence-corrected chi connectivity index (χ3v) is 3.84. The number of benzene rings is 2. The second-order valence-electron chi connectivity index (χ2n) is 4.40. The summed E-state index contributed by atoms with van der Waals surface area (Å²) in [5.41, 5.74) is 3.61. The second kappa shape index (κ2) is 7.36. The van der Waals surface area contributed by atoms with Gasteiger partial charge in [0.05, 0.1) is 5.69 Å². The molecule has 4 nitrogen and oxygen atoms in total. The second-order valence-corrected chi connectivity index (χ2v) is 8.30. The number of rotatable bonds is 5. The Morgan fingerprint density at radius 3 is 2.24 bits per heavy atom. The molecule has 0 spiro atoms. The Morgan fingerprint density at radius 1 is 1.05 bits per heavy atom. The van der Waals surface area contributed by atoms with Crippen LogP contribution >= 0.6 is 6.49 Å². The molecule has 0 fully saturated rings. The first-order chi connectivity index (χ1) is 10.1. The fourth-order valence-electron chi connectivity index (χ4n) is 1.56. The van der Waals surface area contributed by atoms with Crippen molar-refractivity contribution < 1.29 is 9.15 Å². The first-order valence-corrected chi connectivity index (χ1v) is 9.51. The number of hydrogen-bond donors (Lipinski definition) is 1. The van der Waals surface area contributed by atoms with E-state index in [1.807, 2.05) is 67.6 Å². The van der Waals surface area contributed by atoms with E-state index >= 15 is 0 Å². The molecule has 0 amide bonds. The van der Waals surface area contributed by atoms with E-state index in [0.717, 1.165) is 5.69 Å². The number of nitrogens with one attached hydrogen (secondary N) is 1. The Morgan fingerprint density at radius 2 is 1.62 bits per heavy atom. The van der Waals surface area contributed by atoms with E-state index in [9.17, 15) is 0 Å². The van der Waals surface area contributed by atoms with Gasteiger partial charge in [-0.1, -0.05) is 36.4 Å². The smallest absolute Gasteiger partial charge is 0.258 e. The van der Waals surface area contributed by atoms with Gasteiger partial charge in [0.2, 0.25) is 0 Å². The zero-order chi connectivity index (χ0) is 15.1. The van der Waals surface area contributed by atoms with E-state index in [4.69, 9.17) is 21.0 Å². The highest BCUT2D eigenvalue weighted by molar-refractivity contribution is 8.09. The maximum Gasteiger partial charge on any atom is 0.258 e. The predicted molar refractivity (Wildman–Crippen MR) is 90.7 cm³/mol. The largest absolute Gasteiger partial charge is 0.442 e. The van der Waals surface area contributed by atoms with Crippen LogP contribution < -0.4 is 10.0 Å². The highest BCUT2D eigenvalue weighted by Gasteiger charge is 2.14. The monoisotopic (exact) mass is 320 g/mol. The molecule has 0 bridgehead atoms. The lowest BCUT2D eigenvalue weighted by Gasteiger charge is -2.18. The SMILES string of the molecule is CC(=Nc1ccccc1)NOP(C)(=S)Oc1ccccc1. The molecule has 0 radical (unpaired) electrons. The number of aliphatic imine (C=N–C) groups is 1. The number of nitrogens with zero attached hydrogens (tertiary/aromatic N) is 1. The standard InChI is InChI=1S/C15H17N2O2PS/c1-13(16-14-9-5-3-6-10-14)17-19-20(2,21)18-15-11-7-4-8-12-15/h3-12H,1-2H3,(H,16,17). The summed E-state index contributed by atoms with van der Waals surface area (Å²) in [6.07, 6.45) is 0. The summed E-state index contributed by atoms with van der Waals surface area (Å²) in [6, 6.07) is 19.0. The maximum absolute atomic E-state index is 5.69. The first kappa shape index (κ1) is 15.7. The molecule has 0 aromatic heterocycles. The number of hydrogen-bond acceptors (Lipinski definition) is 4. The topological polar surface area (TPSA) is 42.9 Å². The van der Waals surface area contributed by atoms with E-state index in [0.29, 0.717) is 11.6 Å². The van der Waals surface area contributed by atoms with Crippen LogP contribution in [0.2, 0.25) is 0 Å². The molecule has 21 heavy (non-hydrogen) atoms. The van der Waals surface area contributed by atoms with Crippen LogP contribution in [0, 0.1) is 0 Å². The van der Waals surface area contributed by atoms with Crippen molar-refractivity contribution in [1.29, 1.82) is 0 Å². The Kier molecular flexibility index (Phi) is 5.51. The Hall–Kier alpha value is -1.68. The molecule has 2 aromatic rings. The lowest BCUT2D eigenvalue weighted by atomic mass is 10.3. The van der Waals surface area contributed by atoms with Gasteiger partial charge in [0.15, 0.2) is 0 Å². The minimum Gasteiger partial charge on any atom is -0.442 e. The van der Waals surface area contributed by atoms with Crippen molar-refractivity contribution in [3.63, 3.8) is 0 Å². The summed E-state index contributed by atoms with van der Waals surface area (Å²) in [5.74, 6) is 1.32. The third kappa shape index (κ3) is 5.68. The van der Waals surface area contributed by atoms with Crippen LogP contribution in [0.15, 0.2) is 65.7 Å². The third-order valence-electron chi connectivity index (χ3n) is 2.43. The fraction of sp³-hybridized carbons (Fsp3) is 0.133. The lowest BCUT2D eigenvalue weighted by Crippen LogP contribution is -2.20. The van der Waals surface area contributed by atoms with Gasteiger partial charge in [0, 0.05) is 6.66 Å². The molecule has 0 aliphatic rings. The van der Waals surface area contributed by atoms with E-state index in [1.54, 1.807) is 6.66 Å². The summed E-state index contributed by atoms with van der Waals surface area (Å²) >= 11 is 5.36. The van der Waals surface area contributed by atoms with Gasteiger partial charge >= 0.3 is 0 Å². The van der Waals surface area contributed by atoms with Gasteiger partial charge in [-0.15, -0.1) is 0 Å². The van der Waals surface area contributed by atoms with Gasteiger partial charge in [-0.3, -0.25) is 0 Å². The highest BCUT2D eigenvalue weighted by atomic mass is 32.5.